The van der Waals surface area contributed by atoms with Gasteiger partial charge in [0, 0.05) is 11.6 Å². The van der Waals surface area contributed by atoms with Crippen LogP contribution >= 0.6 is 11.6 Å². The molecule has 0 amide bonds. The molecule has 0 aliphatic heterocycles. The second-order valence-electron chi connectivity index (χ2n) is 7.21. The Hall–Kier alpha value is -3.43. The highest BCUT2D eigenvalue weighted by Crippen LogP contribution is 2.28. The summed E-state index contributed by atoms with van der Waals surface area (Å²) >= 11 is 6.11. The number of aromatic nitrogens is 3. The van der Waals surface area contributed by atoms with E-state index in [0.717, 1.165) is 0 Å². The van der Waals surface area contributed by atoms with Gasteiger partial charge in [-0.05, 0) is 50.6 Å². The van der Waals surface area contributed by atoms with Gasteiger partial charge in [-0.25, -0.2) is 8.42 Å². The Morgan fingerprint density at radius 1 is 1.03 bits per heavy atom. The number of sulfonamides is 1. The minimum absolute atomic E-state index is 0.0757. The van der Waals surface area contributed by atoms with Gasteiger partial charge in [0.2, 0.25) is 0 Å². The Kier molecular flexibility index (Phi) is 5.62. The molecule has 0 aliphatic carbocycles. The smallest absolute Gasteiger partial charge is 0.271 e. The molecule has 0 unspecified atom stereocenters. The summed E-state index contributed by atoms with van der Waals surface area (Å²) in [5.41, 5.74) is 2.39. The van der Waals surface area contributed by atoms with Gasteiger partial charge in [-0.2, -0.15) is 9.78 Å². The van der Waals surface area contributed by atoms with E-state index in [9.17, 15) is 13.2 Å². The molecular formula is C22H19ClN4O4S. The van der Waals surface area contributed by atoms with Gasteiger partial charge >= 0.3 is 0 Å². The van der Waals surface area contributed by atoms with Crippen molar-refractivity contribution in [1.82, 2.24) is 14.9 Å². The molecule has 4 rings (SSSR count). The lowest BCUT2D eigenvalue weighted by Gasteiger charge is -2.13. The van der Waals surface area contributed by atoms with E-state index in [1.165, 1.54) is 16.8 Å². The van der Waals surface area contributed by atoms with Crippen molar-refractivity contribution in [3.8, 4) is 16.9 Å². The van der Waals surface area contributed by atoms with Crippen molar-refractivity contribution in [3.63, 3.8) is 0 Å². The zero-order valence-corrected chi connectivity index (χ0v) is 19.0. The molecule has 8 nitrogen and oxygen atoms in total. The molecule has 0 atom stereocenters. The Morgan fingerprint density at radius 3 is 2.47 bits per heavy atom. The number of para-hydroxylation sites is 1. The zero-order chi connectivity index (χ0) is 23.0. The predicted molar refractivity (Wildman–Crippen MR) is 122 cm³/mol. The lowest BCUT2D eigenvalue weighted by atomic mass is 10.1. The van der Waals surface area contributed by atoms with Gasteiger partial charge < -0.3 is 4.52 Å². The van der Waals surface area contributed by atoms with E-state index in [1.807, 2.05) is 0 Å². The number of nitrogens with one attached hydrogen (secondary N) is 1. The molecule has 32 heavy (non-hydrogen) atoms. The van der Waals surface area contributed by atoms with Crippen molar-refractivity contribution in [1.29, 1.82) is 0 Å². The van der Waals surface area contributed by atoms with Crippen molar-refractivity contribution >= 4 is 27.3 Å². The minimum Gasteiger partial charge on any atom is -0.359 e. The minimum atomic E-state index is -3.93. The van der Waals surface area contributed by atoms with Gasteiger partial charge in [0.05, 0.1) is 21.3 Å². The molecule has 2 heterocycles. The Balaban J connectivity index is 1.79. The second kappa shape index (κ2) is 8.25. The van der Waals surface area contributed by atoms with Gasteiger partial charge in [0.25, 0.3) is 15.6 Å². The van der Waals surface area contributed by atoms with Crippen LogP contribution in [-0.2, 0) is 10.0 Å². The molecule has 164 valence electrons. The van der Waals surface area contributed by atoms with E-state index < -0.39 is 10.0 Å². The van der Waals surface area contributed by atoms with Crippen LogP contribution in [0.25, 0.3) is 16.9 Å². The number of benzene rings is 2. The summed E-state index contributed by atoms with van der Waals surface area (Å²) in [6.45, 7) is 5.10. The number of hydrogen-bond donors (Lipinski definition) is 1. The van der Waals surface area contributed by atoms with Crippen LogP contribution < -0.4 is 10.3 Å². The predicted octanol–water partition coefficient (Wildman–Crippen LogP) is 4.27. The first kappa shape index (κ1) is 21.8. The van der Waals surface area contributed by atoms with Crippen LogP contribution in [0.5, 0.6) is 0 Å². The number of nitrogens with zero attached hydrogens (tertiary/aromatic N) is 3. The molecule has 0 fully saturated rings. The van der Waals surface area contributed by atoms with E-state index in [-0.39, 0.29) is 21.2 Å². The van der Waals surface area contributed by atoms with Crippen molar-refractivity contribution in [2.75, 3.05) is 4.72 Å². The third-order valence-electron chi connectivity index (χ3n) is 4.90. The molecule has 0 saturated heterocycles. The van der Waals surface area contributed by atoms with Crippen LogP contribution in [0.2, 0.25) is 5.02 Å². The maximum absolute atomic E-state index is 13.1. The fourth-order valence-corrected chi connectivity index (χ4v) is 4.89. The third-order valence-corrected chi connectivity index (χ3v) is 6.74. The lowest BCUT2D eigenvalue weighted by molar-refractivity contribution is 0.392. The zero-order valence-electron chi connectivity index (χ0n) is 17.5. The summed E-state index contributed by atoms with van der Waals surface area (Å²) in [4.78, 5) is 12.5. The van der Waals surface area contributed by atoms with Crippen molar-refractivity contribution in [3.05, 3.63) is 87.0 Å². The molecule has 0 bridgehead atoms. The topological polar surface area (TPSA) is 107 Å². The highest BCUT2D eigenvalue weighted by molar-refractivity contribution is 7.92. The fraction of sp³-hybridized carbons (Fsp3) is 0.136. The van der Waals surface area contributed by atoms with E-state index in [2.05, 4.69) is 15.0 Å². The van der Waals surface area contributed by atoms with E-state index in [0.29, 0.717) is 34.0 Å². The summed E-state index contributed by atoms with van der Waals surface area (Å²) in [5, 5.41) is 8.58. The van der Waals surface area contributed by atoms with Gasteiger partial charge in [0.15, 0.2) is 5.76 Å². The summed E-state index contributed by atoms with van der Waals surface area (Å²) in [6, 6.07) is 14.4. The first-order valence-electron chi connectivity index (χ1n) is 9.59. The van der Waals surface area contributed by atoms with E-state index >= 15 is 0 Å². The number of anilines is 1. The number of aryl methyl sites for hydroxylation is 3. The molecule has 2 aromatic carbocycles. The van der Waals surface area contributed by atoms with Gasteiger partial charge in [-0.3, -0.25) is 9.52 Å². The molecule has 4 aromatic rings. The summed E-state index contributed by atoms with van der Waals surface area (Å²) in [7, 11) is -3.93. The molecule has 10 heteroatoms. The Morgan fingerprint density at radius 2 is 1.78 bits per heavy atom. The van der Waals surface area contributed by atoms with Gasteiger partial charge in [-0.15, -0.1) is 0 Å². The summed E-state index contributed by atoms with van der Waals surface area (Å²) < 4.78 is 35.1. The van der Waals surface area contributed by atoms with Crippen molar-refractivity contribution < 1.29 is 12.9 Å². The van der Waals surface area contributed by atoms with Crippen LogP contribution in [0.4, 0.5) is 5.69 Å². The van der Waals surface area contributed by atoms with Crippen molar-refractivity contribution in [2.45, 2.75) is 25.7 Å². The van der Waals surface area contributed by atoms with Crippen LogP contribution in [0, 0.1) is 20.8 Å². The Labute approximate surface area is 189 Å². The average Bonchev–Trinajstić information content (AvgIpc) is 3.08. The second-order valence-corrected chi connectivity index (χ2v) is 9.27. The average molecular weight is 471 g/mol. The third kappa shape index (κ3) is 4.04. The number of rotatable bonds is 5. The molecule has 2 aromatic heterocycles. The molecule has 0 aliphatic rings. The molecular weight excluding hydrogens is 452 g/mol. The quantitative estimate of drug-likeness (QED) is 0.466. The summed E-state index contributed by atoms with van der Waals surface area (Å²) in [6.07, 6.45) is 0. The largest absolute Gasteiger partial charge is 0.359 e. The highest BCUT2D eigenvalue weighted by atomic mass is 35.5. The monoisotopic (exact) mass is 470 g/mol. The number of halogens is 1. The van der Waals surface area contributed by atoms with Gasteiger partial charge in [0.1, 0.15) is 11.4 Å². The summed E-state index contributed by atoms with van der Waals surface area (Å²) in [5.74, 6) is 0.449. The van der Waals surface area contributed by atoms with Crippen molar-refractivity contribution in [2.24, 2.45) is 0 Å². The van der Waals surface area contributed by atoms with E-state index in [4.69, 9.17) is 16.1 Å². The van der Waals surface area contributed by atoms with Gasteiger partial charge in [-0.1, -0.05) is 41.0 Å². The lowest BCUT2D eigenvalue weighted by Crippen LogP contribution is -2.21. The molecule has 0 saturated carbocycles. The SMILES string of the molecule is Cc1ccc(-c2ccc(=O)n(-c3c(C)noc3C)n2)cc1S(=O)(=O)Nc1ccccc1Cl. The van der Waals surface area contributed by atoms with Crippen LogP contribution in [0.15, 0.2) is 68.8 Å². The highest BCUT2D eigenvalue weighted by Gasteiger charge is 2.20. The maximum Gasteiger partial charge on any atom is 0.271 e. The van der Waals surface area contributed by atoms with Crippen LogP contribution in [0.1, 0.15) is 17.0 Å². The Bertz CT molecular complexity index is 1470. The normalized spacial score (nSPS) is 11.5. The molecule has 1 N–H and O–H groups in total. The van der Waals surface area contributed by atoms with E-state index in [1.54, 1.807) is 63.2 Å². The van der Waals surface area contributed by atoms with Crippen LogP contribution in [-0.4, -0.2) is 23.4 Å². The number of hydrogen-bond acceptors (Lipinski definition) is 6. The maximum atomic E-state index is 13.1. The molecule has 0 radical (unpaired) electrons. The fourth-order valence-electron chi connectivity index (χ4n) is 3.30. The molecule has 0 spiro atoms. The standard InChI is InChI=1S/C22H19ClN4O4S/c1-13-8-9-16(12-20(13)32(29,30)26-19-7-5-4-6-17(19)23)18-10-11-21(28)27(24-18)22-14(2)25-31-15(22)3/h4-12,26H,1-3H3. The first-order chi connectivity index (χ1) is 15.2. The first-order valence-corrected chi connectivity index (χ1v) is 11.5. The van der Waals surface area contributed by atoms with Crippen LogP contribution in [0.3, 0.4) is 0 Å².